The molecule has 25 heavy (non-hydrogen) atoms. The molecule has 0 aliphatic heterocycles. The van der Waals surface area contributed by atoms with Crippen LogP contribution in [0.15, 0.2) is 36.4 Å². The molecule has 1 atom stereocenters. The fourth-order valence-electron chi connectivity index (χ4n) is 2.50. The first-order valence-corrected chi connectivity index (χ1v) is 7.80. The quantitative estimate of drug-likeness (QED) is 0.457. The number of rotatable bonds is 7. The predicted molar refractivity (Wildman–Crippen MR) is 94.8 cm³/mol. The van der Waals surface area contributed by atoms with Gasteiger partial charge < -0.3 is 10.2 Å². The maximum atomic E-state index is 14.2. The predicted octanol–water partition coefficient (Wildman–Crippen LogP) is 3.91. The molecule has 0 saturated carbocycles. The summed E-state index contributed by atoms with van der Waals surface area (Å²) in [5.41, 5.74) is 0.545. The van der Waals surface area contributed by atoms with Gasteiger partial charge in [0.2, 0.25) is 0 Å². The van der Waals surface area contributed by atoms with Crippen LogP contribution in [0.1, 0.15) is 22.0 Å². The van der Waals surface area contributed by atoms with Crippen molar-refractivity contribution in [1.82, 2.24) is 4.90 Å². The smallest absolute Gasteiger partial charge is 0.293 e. The zero-order valence-electron chi connectivity index (χ0n) is 13.7. The van der Waals surface area contributed by atoms with E-state index in [1.165, 1.54) is 30.3 Å². The first kappa shape index (κ1) is 18.8. The van der Waals surface area contributed by atoms with E-state index in [0.717, 1.165) is 0 Å². The highest BCUT2D eigenvalue weighted by Crippen LogP contribution is 2.31. The minimum Gasteiger partial charge on any atom is -0.378 e. The molecule has 0 spiro atoms. The van der Waals surface area contributed by atoms with Crippen molar-refractivity contribution in [1.29, 1.82) is 0 Å². The van der Waals surface area contributed by atoms with Gasteiger partial charge in [0.1, 0.15) is 17.8 Å². The van der Waals surface area contributed by atoms with E-state index in [2.05, 4.69) is 5.32 Å². The van der Waals surface area contributed by atoms with E-state index in [9.17, 15) is 19.3 Å². The van der Waals surface area contributed by atoms with Crippen molar-refractivity contribution in [2.75, 3.05) is 26.0 Å². The summed E-state index contributed by atoms with van der Waals surface area (Å²) in [6.45, 7) is 0.189. The third-order valence-corrected chi connectivity index (χ3v) is 4.13. The highest BCUT2D eigenvalue weighted by atomic mass is 35.5. The molecular formula is C17H17ClFN3O3. The molecule has 0 bridgehead atoms. The molecule has 0 aromatic heterocycles. The van der Waals surface area contributed by atoms with Crippen LogP contribution in [0.3, 0.4) is 0 Å². The van der Waals surface area contributed by atoms with Crippen molar-refractivity contribution in [3.8, 4) is 0 Å². The summed E-state index contributed by atoms with van der Waals surface area (Å²) >= 11 is 6.13. The molecule has 8 heteroatoms. The molecule has 0 saturated heterocycles. The number of nitro groups is 1. The van der Waals surface area contributed by atoms with Gasteiger partial charge >= 0.3 is 0 Å². The third-order valence-electron chi connectivity index (χ3n) is 3.80. The Hall–Kier alpha value is -2.51. The van der Waals surface area contributed by atoms with Crippen molar-refractivity contribution in [3.05, 3.63) is 68.5 Å². The molecule has 0 heterocycles. The van der Waals surface area contributed by atoms with Crippen LogP contribution < -0.4 is 5.32 Å². The van der Waals surface area contributed by atoms with Gasteiger partial charge in [-0.25, -0.2) is 4.39 Å². The zero-order valence-corrected chi connectivity index (χ0v) is 14.5. The number of anilines is 1. The van der Waals surface area contributed by atoms with E-state index in [-0.39, 0.29) is 28.5 Å². The van der Waals surface area contributed by atoms with Crippen LogP contribution in [0.2, 0.25) is 5.02 Å². The minimum absolute atomic E-state index is 0.189. The largest absolute Gasteiger partial charge is 0.378 e. The van der Waals surface area contributed by atoms with Gasteiger partial charge in [0.25, 0.3) is 5.69 Å². The summed E-state index contributed by atoms with van der Waals surface area (Å²) < 4.78 is 14.2. The van der Waals surface area contributed by atoms with Gasteiger partial charge in [0.05, 0.1) is 11.0 Å². The van der Waals surface area contributed by atoms with Gasteiger partial charge in [0.15, 0.2) is 0 Å². The highest BCUT2D eigenvalue weighted by molar-refractivity contribution is 6.31. The number of benzene rings is 2. The van der Waals surface area contributed by atoms with E-state index < -0.39 is 16.8 Å². The van der Waals surface area contributed by atoms with E-state index in [1.54, 1.807) is 25.1 Å². The van der Waals surface area contributed by atoms with Crippen LogP contribution in [0, 0.1) is 15.9 Å². The second-order valence-electron chi connectivity index (χ2n) is 5.65. The van der Waals surface area contributed by atoms with E-state index in [4.69, 9.17) is 11.6 Å². The number of carbonyl (C=O) groups is 1. The first-order valence-electron chi connectivity index (χ1n) is 7.43. The molecule has 0 unspecified atom stereocenters. The molecule has 0 amide bonds. The maximum absolute atomic E-state index is 14.2. The highest BCUT2D eigenvalue weighted by Gasteiger charge is 2.22. The lowest BCUT2D eigenvalue weighted by Gasteiger charge is -2.26. The number of nitro benzene ring substituents is 1. The Balaban J connectivity index is 2.31. The van der Waals surface area contributed by atoms with Gasteiger partial charge in [-0.1, -0.05) is 17.7 Å². The molecule has 2 aromatic carbocycles. The number of hydrogen-bond acceptors (Lipinski definition) is 5. The van der Waals surface area contributed by atoms with Crippen molar-refractivity contribution in [3.63, 3.8) is 0 Å². The Bertz CT molecular complexity index is 778. The van der Waals surface area contributed by atoms with Gasteiger partial charge in [0, 0.05) is 28.8 Å². The van der Waals surface area contributed by atoms with Gasteiger partial charge in [-0.15, -0.1) is 0 Å². The molecule has 2 rings (SSSR count). The number of halogens is 2. The van der Waals surface area contributed by atoms with Crippen LogP contribution in [-0.4, -0.2) is 36.7 Å². The molecule has 0 aliphatic rings. The Labute approximate surface area is 149 Å². The summed E-state index contributed by atoms with van der Waals surface area (Å²) in [5.74, 6) is -0.446. The summed E-state index contributed by atoms with van der Waals surface area (Å²) in [4.78, 5) is 23.2. The standard InChI is InChI=1S/C17H17ClFN3O3/c1-21(2)16(17-12(18)4-3-5-13(17)19)9-20-14-7-6-11(10-23)8-15(14)22(24)25/h3-8,10,16,20H,9H2,1-2H3/t16-/m0/s1. The molecule has 0 aliphatic carbocycles. The Morgan fingerprint density at radius 2 is 2.08 bits per heavy atom. The molecular weight excluding hydrogens is 349 g/mol. The van der Waals surface area contributed by atoms with Crippen molar-refractivity contribution in [2.45, 2.75) is 6.04 Å². The Morgan fingerprint density at radius 1 is 1.36 bits per heavy atom. The van der Waals surface area contributed by atoms with E-state index >= 15 is 0 Å². The number of likely N-dealkylation sites (N-methyl/N-ethyl adjacent to an activating group) is 1. The fraction of sp³-hybridized carbons (Fsp3) is 0.235. The number of nitrogens with one attached hydrogen (secondary N) is 1. The lowest BCUT2D eigenvalue weighted by Crippen LogP contribution is -2.28. The number of hydrogen-bond donors (Lipinski definition) is 1. The molecule has 132 valence electrons. The summed E-state index contributed by atoms with van der Waals surface area (Å²) in [6, 6.07) is 8.11. The lowest BCUT2D eigenvalue weighted by molar-refractivity contribution is -0.384. The number of nitrogens with zero attached hydrogens (tertiary/aromatic N) is 2. The number of aldehydes is 1. The molecule has 2 aromatic rings. The topological polar surface area (TPSA) is 75.5 Å². The summed E-state index contributed by atoms with van der Waals surface area (Å²) in [7, 11) is 3.53. The Kier molecular flexibility index (Phi) is 6.06. The van der Waals surface area contributed by atoms with Crippen LogP contribution in [0.25, 0.3) is 0 Å². The maximum Gasteiger partial charge on any atom is 0.293 e. The van der Waals surface area contributed by atoms with E-state index in [0.29, 0.717) is 11.8 Å². The molecule has 0 fully saturated rings. The summed E-state index contributed by atoms with van der Waals surface area (Å²) in [6.07, 6.45) is 0.540. The van der Waals surface area contributed by atoms with Crippen molar-refractivity contribution < 1.29 is 14.1 Å². The average Bonchev–Trinajstić information content (AvgIpc) is 2.56. The summed E-state index contributed by atoms with van der Waals surface area (Å²) in [5, 5.41) is 14.4. The molecule has 6 nitrogen and oxygen atoms in total. The van der Waals surface area contributed by atoms with Crippen LogP contribution >= 0.6 is 11.6 Å². The van der Waals surface area contributed by atoms with Crippen molar-refractivity contribution in [2.24, 2.45) is 0 Å². The monoisotopic (exact) mass is 365 g/mol. The van der Waals surface area contributed by atoms with Gasteiger partial charge in [-0.2, -0.15) is 0 Å². The fourth-order valence-corrected chi connectivity index (χ4v) is 2.79. The normalized spacial score (nSPS) is 12.0. The van der Waals surface area contributed by atoms with Gasteiger partial charge in [-0.3, -0.25) is 14.9 Å². The lowest BCUT2D eigenvalue weighted by atomic mass is 10.0. The van der Waals surface area contributed by atoms with Crippen LogP contribution in [0.4, 0.5) is 15.8 Å². The Morgan fingerprint density at radius 3 is 2.64 bits per heavy atom. The molecule has 0 radical (unpaired) electrons. The second-order valence-corrected chi connectivity index (χ2v) is 6.05. The average molecular weight is 366 g/mol. The first-order chi connectivity index (χ1) is 11.8. The molecule has 1 N–H and O–H groups in total. The minimum atomic E-state index is -0.573. The third kappa shape index (κ3) is 4.32. The number of carbonyl (C=O) groups excluding carboxylic acids is 1. The zero-order chi connectivity index (χ0) is 18.6. The van der Waals surface area contributed by atoms with E-state index in [1.807, 2.05) is 0 Å². The van der Waals surface area contributed by atoms with Crippen LogP contribution in [-0.2, 0) is 0 Å². The van der Waals surface area contributed by atoms with Gasteiger partial charge in [-0.05, 0) is 38.4 Å². The SMILES string of the molecule is CN(C)[C@@H](CNc1ccc(C=O)cc1[N+](=O)[O-])c1c(F)cccc1Cl. The van der Waals surface area contributed by atoms with Crippen molar-refractivity contribution >= 4 is 29.3 Å². The second kappa shape index (κ2) is 8.04. The van der Waals surface area contributed by atoms with Crippen LogP contribution in [0.5, 0.6) is 0 Å².